The summed E-state index contributed by atoms with van der Waals surface area (Å²) in [5, 5.41) is 9.43. The van der Waals surface area contributed by atoms with Gasteiger partial charge in [-0.25, -0.2) is 0 Å². The Morgan fingerprint density at radius 3 is 2.75 bits per heavy atom. The molecular formula is C15H20ClNO3. The van der Waals surface area contributed by atoms with E-state index in [1.165, 1.54) is 0 Å². The fraction of sp³-hybridized carbons (Fsp3) is 0.400. The largest absolute Gasteiger partial charge is 0.488 e. The summed E-state index contributed by atoms with van der Waals surface area (Å²) in [6, 6.07) is 5.63. The Kier molecular flexibility index (Phi) is 6.55. The molecule has 0 saturated heterocycles. The molecule has 1 aromatic rings. The fourth-order valence-electron chi connectivity index (χ4n) is 1.74. The summed E-state index contributed by atoms with van der Waals surface area (Å²) < 4.78 is 5.40. The minimum absolute atomic E-state index is 0.00397. The average molecular weight is 298 g/mol. The van der Waals surface area contributed by atoms with Gasteiger partial charge in [0.25, 0.3) is 0 Å². The van der Waals surface area contributed by atoms with Crippen LogP contribution in [0.3, 0.4) is 0 Å². The van der Waals surface area contributed by atoms with Gasteiger partial charge in [0, 0.05) is 12.6 Å². The van der Waals surface area contributed by atoms with E-state index >= 15 is 0 Å². The van der Waals surface area contributed by atoms with Gasteiger partial charge in [-0.15, -0.1) is 0 Å². The van der Waals surface area contributed by atoms with E-state index in [0.29, 0.717) is 23.9 Å². The normalized spacial score (nSPS) is 10.8. The van der Waals surface area contributed by atoms with Crippen LogP contribution in [0.2, 0.25) is 5.02 Å². The molecule has 0 spiro atoms. The first kappa shape index (κ1) is 16.5. The first-order valence-corrected chi connectivity index (χ1v) is 6.79. The number of rotatable bonds is 8. The number of aliphatic carboxylic acids is 1. The zero-order chi connectivity index (χ0) is 15.1. The average Bonchev–Trinajstić information content (AvgIpc) is 2.36. The van der Waals surface area contributed by atoms with E-state index in [2.05, 4.69) is 6.58 Å². The smallest absolute Gasteiger partial charge is 0.317 e. The first-order chi connectivity index (χ1) is 9.43. The molecule has 110 valence electrons. The maximum atomic E-state index is 10.8. The topological polar surface area (TPSA) is 49.8 Å². The van der Waals surface area contributed by atoms with Crippen LogP contribution in [0.1, 0.15) is 19.4 Å². The lowest BCUT2D eigenvalue weighted by Gasteiger charge is -2.24. The third kappa shape index (κ3) is 5.23. The number of hydrogen-bond donors (Lipinski definition) is 1. The summed E-state index contributed by atoms with van der Waals surface area (Å²) in [6.45, 7) is 8.44. The van der Waals surface area contributed by atoms with Crippen LogP contribution in [0, 0.1) is 0 Å². The number of carbonyl (C=O) groups is 1. The van der Waals surface area contributed by atoms with Crippen LogP contribution in [0.15, 0.2) is 30.9 Å². The number of benzene rings is 1. The highest BCUT2D eigenvalue weighted by atomic mass is 35.5. The molecule has 0 unspecified atom stereocenters. The van der Waals surface area contributed by atoms with Gasteiger partial charge in [0.15, 0.2) is 0 Å². The monoisotopic (exact) mass is 297 g/mol. The quantitative estimate of drug-likeness (QED) is 0.749. The minimum atomic E-state index is -0.837. The molecule has 4 nitrogen and oxygen atoms in total. The number of hydrogen-bond acceptors (Lipinski definition) is 3. The summed E-state index contributed by atoms with van der Waals surface area (Å²) in [5.74, 6) is -0.236. The van der Waals surface area contributed by atoms with E-state index in [4.69, 9.17) is 21.4 Å². The van der Waals surface area contributed by atoms with E-state index in [-0.39, 0.29) is 12.6 Å². The number of carboxylic acids is 1. The molecule has 0 radical (unpaired) electrons. The molecule has 0 fully saturated rings. The number of nitrogens with zero attached hydrogens (tertiary/aromatic N) is 1. The third-order valence-corrected chi connectivity index (χ3v) is 3.10. The molecule has 0 atom stereocenters. The standard InChI is InChI=1S/C15H20ClNO3/c1-4-7-20-14-6-5-12(8-13(14)16)9-17(11(2)3)10-15(18)19/h4-6,8,11H,1,7,9-10H2,2-3H3,(H,18,19). The Labute approximate surface area is 124 Å². The lowest BCUT2D eigenvalue weighted by Crippen LogP contribution is -2.35. The van der Waals surface area contributed by atoms with Gasteiger partial charge < -0.3 is 9.84 Å². The van der Waals surface area contributed by atoms with Gasteiger partial charge in [-0.05, 0) is 31.5 Å². The van der Waals surface area contributed by atoms with Crippen molar-refractivity contribution in [3.63, 3.8) is 0 Å². The lowest BCUT2D eigenvalue weighted by atomic mass is 10.2. The van der Waals surface area contributed by atoms with Crippen LogP contribution in [-0.4, -0.2) is 35.2 Å². The number of carboxylic acid groups (broad SMARTS) is 1. The van der Waals surface area contributed by atoms with Gasteiger partial charge in [-0.3, -0.25) is 9.69 Å². The molecule has 0 aliphatic rings. The Hall–Kier alpha value is -1.52. The molecular weight excluding hydrogens is 278 g/mol. The SMILES string of the molecule is C=CCOc1ccc(CN(CC(=O)O)C(C)C)cc1Cl. The van der Waals surface area contributed by atoms with Gasteiger partial charge >= 0.3 is 5.97 Å². The molecule has 0 aromatic heterocycles. The highest BCUT2D eigenvalue weighted by molar-refractivity contribution is 6.32. The van der Waals surface area contributed by atoms with E-state index in [1.54, 1.807) is 18.2 Å². The van der Waals surface area contributed by atoms with Crippen LogP contribution in [0.25, 0.3) is 0 Å². The second kappa shape index (κ2) is 7.92. The van der Waals surface area contributed by atoms with E-state index < -0.39 is 5.97 Å². The van der Waals surface area contributed by atoms with E-state index in [0.717, 1.165) is 5.56 Å². The highest BCUT2D eigenvalue weighted by Gasteiger charge is 2.14. The van der Waals surface area contributed by atoms with Crippen LogP contribution in [-0.2, 0) is 11.3 Å². The molecule has 0 heterocycles. The van der Waals surface area contributed by atoms with Gasteiger partial charge in [0.2, 0.25) is 0 Å². The summed E-state index contributed by atoms with van der Waals surface area (Å²) in [7, 11) is 0. The van der Waals surface area contributed by atoms with Gasteiger partial charge in [-0.1, -0.05) is 30.3 Å². The van der Waals surface area contributed by atoms with Crippen molar-refractivity contribution in [3.05, 3.63) is 41.4 Å². The van der Waals surface area contributed by atoms with Gasteiger partial charge in [-0.2, -0.15) is 0 Å². The molecule has 5 heteroatoms. The lowest BCUT2D eigenvalue weighted by molar-refractivity contribution is -0.138. The fourth-order valence-corrected chi connectivity index (χ4v) is 2.00. The van der Waals surface area contributed by atoms with E-state index in [1.807, 2.05) is 24.8 Å². The molecule has 1 rings (SSSR count). The molecule has 0 amide bonds. The van der Waals surface area contributed by atoms with E-state index in [9.17, 15) is 4.79 Å². The Bertz CT molecular complexity index is 474. The van der Waals surface area contributed by atoms with Crippen LogP contribution >= 0.6 is 11.6 Å². The van der Waals surface area contributed by atoms with Crippen molar-refractivity contribution in [3.8, 4) is 5.75 Å². The van der Waals surface area contributed by atoms with Gasteiger partial charge in [0.05, 0.1) is 11.6 Å². The van der Waals surface area contributed by atoms with Gasteiger partial charge in [0.1, 0.15) is 12.4 Å². The van der Waals surface area contributed by atoms with Crippen molar-refractivity contribution < 1.29 is 14.6 Å². The maximum absolute atomic E-state index is 10.8. The summed E-state index contributed by atoms with van der Waals surface area (Å²) in [6.07, 6.45) is 1.65. The molecule has 20 heavy (non-hydrogen) atoms. The number of halogens is 1. The molecule has 0 aliphatic heterocycles. The molecule has 0 aliphatic carbocycles. The zero-order valence-corrected chi connectivity index (χ0v) is 12.6. The molecule has 0 saturated carbocycles. The van der Waals surface area contributed by atoms with Crippen molar-refractivity contribution in [2.24, 2.45) is 0 Å². The van der Waals surface area contributed by atoms with Crippen molar-refractivity contribution in [1.82, 2.24) is 4.90 Å². The molecule has 1 aromatic carbocycles. The highest BCUT2D eigenvalue weighted by Crippen LogP contribution is 2.26. The predicted molar refractivity (Wildman–Crippen MR) is 80.3 cm³/mol. The Morgan fingerprint density at radius 2 is 2.25 bits per heavy atom. The second-order valence-electron chi connectivity index (χ2n) is 4.76. The predicted octanol–water partition coefficient (Wildman–Crippen LogP) is 3.20. The maximum Gasteiger partial charge on any atom is 0.317 e. The van der Waals surface area contributed by atoms with Crippen LogP contribution in [0.4, 0.5) is 0 Å². The number of ether oxygens (including phenoxy) is 1. The Balaban J connectivity index is 2.78. The van der Waals surface area contributed by atoms with Crippen LogP contribution < -0.4 is 4.74 Å². The summed E-state index contributed by atoms with van der Waals surface area (Å²) in [5.41, 5.74) is 0.955. The first-order valence-electron chi connectivity index (χ1n) is 6.42. The molecule has 1 N–H and O–H groups in total. The zero-order valence-electron chi connectivity index (χ0n) is 11.8. The third-order valence-electron chi connectivity index (χ3n) is 2.81. The van der Waals surface area contributed by atoms with Crippen molar-refractivity contribution >= 4 is 17.6 Å². The summed E-state index contributed by atoms with van der Waals surface area (Å²) in [4.78, 5) is 12.7. The molecule has 0 bridgehead atoms. The second-order valence-corrected chi connectivity index (χ2v) is 5.16. The van der Waals surface area contributed by atoms with Crippen molar-refractivity contribution in [1.29, 1.82) is 0 Å². The van der Waals surface area contributed by atoms with Crippen molar-refractivity contribution in [2.45, 2.75) is 26.4 Å². The minimum Gasteiger partial charge on any atom is -0.488 e. The van der Waals surface area contributed by atoms with Crippen molar-refractivity contribution in [2.75, 3.05) is 13.2 Å². The Morgan fingerprint density at radius 1 is 1.55 bits per heavy atom. The van der Waals surface area contributed by atoms with Crippen LogP contribution in [0.5, 0.6) is 5.75 Å². The summed E-state index contributed by atoms with van der Waals surface area (Å²) >= 11 is 6.14.